The predicted octanol–water partition coefficient (Wildman–Crippen LogP) is 3.16. The van der Waals surface area contributed by atoms with E-state index in [4.69, 9.17) is 4.74 Å². The topological polar surface area (TPSA) is 144 Å². The Morgan fingerprint density at radius 2 is 1.75 bits per heavy atom. The maximum Gasteiger partial charge on any atom is 0.253 e. The number of anilines is 2. The van der Waals surface area contributed by atoms with Crippen LogP contribution in [-0.4, -0.2) is 48.1 Å². The third-order valence-corrected chi connectivity index (χ3v) is 5.55. The van der Waals surface area contributed by atoms with Crippen LogP contribution in [0.2, 0.25) is 0 Å². The normalized spacial score (nSPS) is 14.1. The van der Waals surface area contributed by atoms with Gasteiger partial charge in [-0.1, -0.05) is 48.5 Å². The van der Waals surface area contributed by atoms with E-state index in [0.29, 0.717) is 27.1 Å². The molecule has 36 heavy (non-hydrogen) atoms. The van der Waals surface area contributed by atoms with E-state index in [0.717, 1.165) is 11.1 Å². The van der Waals surface area contributed by atoms with Crippen LogP contribution in [0.15, 0.2) is 77.8 Å². The number of aromatic nitrogens is 2. The molecule has 0 spiro atoms. The van der Waals surface area contributed by atoms with Gasteiger partial charge in [0.05, 0.1) is 42.2 Å². The van der Waals surface area contributed by atoms with Gasteiger partial charge in [-0.2, -0.15) is 0 Å². The predicted molar refractivity (Wildman–Crippen MR) is 138 cm³/mol. The first-order chi connectivity index (χ1) is 17.6. The Kier molecular flexibility index (Phi) is 6.76. The van der Waals surface area contributed by atoms with Crippen molar-refractivity contribution in [2.45, 2.75) is 0 Å². The fourth-order valence-electron chi connectivity index (χ4n) is 3.82. The molecule has 1 amide bonds. The lowest BCUT2D eigenvalue weighted by molar-refractivity contribution is 0.0921. The molecule has 1 aromatic heterocycles. The molecule has 11 nitrogen and oxygen atoms in total. The number of nitrogens with one attached hydrogen (secondary N) is 3. The van der Waals surface area contributed by atoms with Crippen LogP contribution in [0.25, 0.3) is 22.4 Å². The van der Waals surface area contributed by atoms with Crippen molar-refractivity contribution >= 4 is 34.3 Å². The summed E-state index contributed by atoms with van der Waals surface area (Å²) >= 11 is 0. The number of hydroxylamine groups is 1. The van der Waals surface area contributed by atoms with Crippen molar-refractivity contribution in [3.05, 3.63) is 88.8 Å². The summed E-state index contributed by atoms with van der Waals surface area (Å²) in [7, 11) is 0. The Morgan fingerprint density at radius 1 is 0.972 bits per heavy atom. The molecule has 0 unspecified atom stereocenters. The number of para-hydroxylation sites is 3. The molecule has 1 aliphatic rings. The van der Waals surface area contributed by atoms with Gasteiger partial charge < -0.3 is 35.7 Å². The summed E-state index contributed by atoms with van der Waals surface area (Å²) in [6.45, 7) is 0.924. The quantitative estimate of drug-likeness (QED) is 0.323. The number of carbonyl (C=O) groups excluding carboxylic acids is 1. The Labute approximate surface area is 206 Å². The van der Waals surface area contributed by atoms with Crippen molar-refractivity contribution in [1.82, 2.24) is 20.7 Å². The number of fused-ring (bicyclic) bond motifs is 2. The summed E-state index contributed by atoms with van der Waals surface area (Å²) in [5.41, 5.74) is 5.63. The second-order valence-corrected chi connectivity index (χ2v) is 7.92. The van der Waals surface area contributed by atoms with Crippen LogP contribution >= 0.6 is 0 Å². The fourth-order valence-corrected chi connectivity index (χ4v) is 3.82. The van der Waals surface area contributed by atoms with E-state index in [1.165, 1.54) is 0 Å². The van der Waals surface area contributed by atoms with Gasteiger partial charge in [0.15, 0.2) is 0 Å². The SMILES string of the molecule is O=C(NCCOCCN=C1NN([O-])c2ccccc2N1[O-])c1cccc2[nH]c(-c3ccccc3)nc12. The highest BCUT2D eigenvalue weighted by Crippen LogP contribution is 2.30. The molecule has 4 aromatic rings. The van der Waals surface area contributed by atoms with Crippen LogP contribution in [0, 0.1) is 10.4 Å². The van der Waals surface area contributed by atoms with E-state index in [9.17, 15) is 15.2 Å². The van der Waals surface area contributed by atoms with Crippen molar-refractivity contribution in [2.75, 3.05) is 36.5 Å². The lowest BCUT2D eigenvalue weighted by Gasteiger charge is -2.46. The molecule has 5 rings (SSSR count). The number of H-pyrrole nitrogens is 1. The molecule has 0 saturated carbocycles. The van der Waals surface area contributed by atoms with Crippen LogP contribution in [-0.2, 0) is 4.74 Å². The first-order valence-electron chi connectivity index (χ1n) is 11.4. The maximum absolute atomic E-state index is 12.7. The number of ether oxygens (including phenoxy) is 1. The molecule has 3 aromatic carbocycles. The first-order valence-corrected chi connectivity index (χ1v) is 11.4. The van der Waals surface area contributed by atoms with E-state index >= 15 is 0 Å². The van der Waals surface area contributed by atoms with Crippen LogP contribution in [0.4, 0.5) is 11.4 Å². The lowest BCUT2D eigenvalue weighted by Crippen LogP contribution is -2.50. The van der Waals surface area contributed by atoms with Crippen molar-refractivity contribution in [3.8, 4) is 11.4 Å². The summed E-state index contributed by atoms with van der Waals surface area (Å²) < 4.78 is 5.51. The summed E-state index contributed by atoms with van der Waals surface area (Å²) in [5, 5.41) is 28.3. The number of imidazole rings is 1. The zero-order valence-electron chi connectivity index (χ0n) is 19.2. The van der Waals surface area contributed by atoms with Crippen LogP contribution < -0.4 is 21.0 Å². The van der Waals surface area contributed by atoms with Crippen LogP contribution in [0.3, 0.4) is 0 Å². The molecular formula is C25H23N7O4-2. The van der Waals surface area contributed by atoms with Crippen molar-refractivity contribution < 1.29 is 9.53 Å². The number of amides is 1. The molecular weight excluding hydrogens is 462 g/mol. The molecule has 1 aliphatic heterocycles. The minimum atomic E-state index is -0.252. The second kappa shape index (κ2) is 10.4. The Bertz CT molecular complexity index is 1390. The Morgan fingerprint density at radius 3 is 2.58 bits per heavy atom. The third kappa shape index (κ3) is 4.84. The van der Waals surface area contributed by atoms with E-state index in [2.05, 4.69) is 25.7 Å². The monoisotopic (exact) mass is 485 g/mol. The zero-order chi connectivity index (χ0) is 24.9. The number of aliphatic imine (C=N–C) groups is 1. The number of nitrogens with zero attached hydrogens (tertiary/aromatic N) is 4. The van der Waals surface area contributed by atoms with Gasteiger partial charge in [-0.3, -0.25) is 10.2 Å². The van der Waals surface area contributed by atoms with Gasteiger partial charge in [-0.15, -0.1) is 0 Å². The second-order valence-electron chi connectivity index (χ2n) is 7.92. The third-order valence-electron chi connectivity index (χ3n) is 5.55. The molecule has 0 radical (unpaired) electrons. The minimum Gasteiger partial charge on any atom is -0.752 e. The molecule has 0 atom stereocenters. The summed E-state index contributed by atoms with van der Waals surface area (Å²) in [5.74, 6) is 0.337. The molecule has 2 heterocycles. The molecule has 0 saturated heterocycles. The highest BCUT2D eigenvalue weighted by molar-refractivity contribution is 6.05. The maximum atomic E-state index is 12.7. The van der Waals surface area contributed by atoms with Crippen molar-refractivity contribution in [3.63, 3.8) is 0 Å². The molecule has 0 aliphatic carbocycles. The number of hydrogen-bond donors (Lipinski definition) is 3. The Balaban J connectivity index is 1.11. The van der Waals surface area contributed by atoms with Crippen molar-refractivity contribution in [1.29, 1.82) is 0 Å². The zero-order valence-corrected chi connectivity index (χ0v) is 19.2. The summed E-state index contributed by atoms with van der Waals surface area (Å²) in [4.78, 5) is 24.7. The molecule has 11 heteroatoms. The minimum absolute atomic E-state index is 0.109. The van der Waals surface area contributed by atoms with Gasteiger partial charge in [0, 0.05) is 12.1 Å². The first kappa shape index (κ1) is 23.3. The number of rotatable bonds is 8. The smallest absolute Gasteiger partial charge is 0.253 e. The van der Waals surface area contributed by atoms with Gasteiger partial charge in [0.25, 0.3) is 5.91 Å². The van der Waals surface area contributed by atoms with E-state index < -0.39 is 0 Å². The van der Waals surface area contributed by atoms with Crippen LogP contribution in [0.5, 0.6) is 0 Å². The van der Waals surface area contributed by atoms with Gasteiger partial charge in [0.1, 0.15) is 11.3 Å². The molecule has 0 bridgehead atoms. The standard InChI is InChI=1S/C25H23N7O4/c33-24(18-9-6-10-19-22(18)29-23(28-19)17-7-2-1-3-8-17)26-13-15-36-16-14-27-25-30-32(35)21-12-5-4-11-20(21)31(25)34/h1-12H,13-16H2,(H,26,33)(H,27,30)(H,28,29)/q-2. The van der Waals surface area contributed by atoms with Gasteiger partial charge >= 0.3 is 0 Å². The molecule has 0 fully saturated rings. The number of hydrazine groups is 1. The average Bonchev–Trinajstić information content (AvgIpc) is 3.36. The number of aromatic amines is 1. The number of guanidine groups is 1. The van der Waals surface area contributed by atoms with E-state index in [-0.39, 0.29) is 49.5 Å². The van der Waals surface area contributed by atoms with Crippen molar-refractivity contribution in [2.24, 2.45) is 4.99 Å². The Hall–Kier alpha value is -4.45. The number of hydrogen-bond acceptors (Lipinski definition) is 7. The van der Waals surface area contributed by atoms with Gasteiger partial charge in [-0.05, 0) is 24.3 Å². The highest BCUT2D eigenvalue weighted by Gasteiger charge is 2.16. The van der Waals surface area contributed by atoms with Gasteiger partial charge in [-0.25, -0.2) is 9.98 Å². The lowest BCUT2D eigenvalue weighted by atomic mass is 10.1. The van der Waals surface area contributed by atoms with Gasteiger partial charge in [0.2, 0.25) is 5.96 Å². The summed E-state index contributed by atoms with van der Waals surface area (Å²) in [6, 6.07) is 21.6. The van der Waals surface area contributed by atoms with E-state index in [1.54, 1.807) is 36.4 Å². The van der Waals surface area contributed by atoms with Crippen LogP contribution in [0.1, 0.15) is 10.4 Å². The fraction of sp³-hybridized carbons (Fsp3) is 0.160. The molecule has 3 N–H and O–H groups in total. The summed E-state index contributed by atoms with van der Waals surface area (Å²) in [6.07, 6.45) is 0. The number of carbonyl (C=O) groups is 1. The largest absolute Gasteiger partial charge is 0.752 e. The highest BCUT2D eigenvalue weighted by atomic mass is 16.6. The molecule has 184 valence electrons. The average molecular weight is 486 g/mol. The van der Waals surface area contributed by atoms with E-state index in [1.807, 2.05) is 36.4 Å². The number of benzene rings is 3.